The SMILES string of the molecule is CC(C)CC(CN)CN(C)CC1CCN(C)C1. The van der Waals surface area contributed by atoms with Gasteiger partial charge in [-0.25, -0.2) is 0 Å². The predicted octanol–water partition coefficient (Wildman–Crippen LogP) is 1.49. The Bertz CT molecular complexity index is 206. The molecule has 1 heterocycles. The molecular formula is C14H31N3. The molecule has 0 saturated carbocycles. The maximum atomic E-state index is 5.86. The van der Waals surface area contributed by atoms with Crippen molar-refractivity contribution in [2.45, 2.75) is 26.7 Å². The van der Waals surface area contributed by atoms with Crippen LogP contribution < -0.4 is 5.73 Å². The van der Waals surface area contributed by atoms with Crippen molar-refractivity contribution >= 4 is 0 Å². The molecule has 102 valence electrons. The van der Waals surface area contributed by atoms with Gasteiger partial charge in [-0.3, -0.25) is 0 Å². The van der Waals surface area contributed by atoms with Crippen LogP contribution in [0.25, 0.3) is 0 Å². The van der Waals surface area contributed by atoms with E-state index in [9.17, 15) is 0 Å². The average Bonchev–Trinajstić information content (AvgIpc) is 2.62. The van der Waals surface area contributed by atoms with E-state index in [0.717, 1.165) is 24.9 Å². The smallest absolute Gasteiger partial charge is 0.00194 e. The summed E-state index contributed by atoms with van der Waals surface area (Å²) in [4.78, 5) is 4.93. The molecule has 0 spiro atoms. The highest BCUT2D eigenvalue weighted by Crippen LogP contribution is 2.17. The number of nitrogens with two attached hydrogens (primary N) is 1. The molecular weight excluding hydrogens is 210 g/mol. The number of likely N-dealkylation sites (tertiary alicyclic amines) is 1. The number of rotatable bonds is 7. The first kappa shape index (κ1) is 14.9. The fraction of sp³-hybridized carbons (Fsp3) is 1.00. The van der Waals surface area contributed by atoms with Crippen LogP contribution in [0.2, 0.25) is 0 Å². The summed E-state index contributed by atoms with van der Waals surface area (Å²) in [6, 6.07) is 0. The highest BCUT2D eigenvalue weighted by atomic mass is 15.1. The number of nitrogens with zero attached hydrogens (tertiary/aromatic N) is 2. The van der Waals surface area contributed by atoms with Crippen LogP contribution in [-0.2, 0) is 0 Å². The van der Waals surface area contributed by atoms with Crippen LogP contribution in [0.3, 0.4) is 0 Å². The van der Waals surface area contributed by atoms with E-state index >= 15 is 0 Å². The predicted molar refractivity (Wildman–Crippen MR) is 75.1 cm³/mol. The third-order valence-electron chi connectivity index (χ3n) is 3.77. The van der Waals surface area contributed by atoms with Gasteiger partial charge in [0.15, 0.2) is 0 Å². The molecule has 0 aliphatic carbocycles. The molecule has 2 unspecified atom stereocenters. The van der Waals surface area contributed by atoms with Crippen LogP contribution in [0.15, 0.2) is 0 Å². The molecule has 0 aromatic rings. The summed E-state index contributed by atoms with van der Waals surface area (Å²) < 4.78 is 0. The lowest BCUT2D eigenvalue weighted by atomic mass is 9.96. The zero-order chi connectivity index (χ0) is 12.8. The van der Waals surface area contributed by atoms with Gasteiger partial charge in [0.05, 0.1) is 0 Å². The maximum absolute atomic E-state index is 5.86. The molecule has 1 aliphatic rings. The van der Waals surface area contributed by atoms with Gasteiger partial charge < -0.3 is 15.5 Å². The Morgan fingerprint density at radius 2 is 2.12 bits per heavy atom. The van der Waals surface area contributed by atoms with Gasteiger partial charge in [0, 0.05) is 19.6 Å². The molecule has 3 heteroatoms. The van der Waals surface area contributed by atoms with E-state index in [1.54, 1.807) is 0 Å². The van der Waals surface area contributed by atoms with Crippen LogP contribution in [0, 0.1) is 17.8 Å². The van der Waals surface area contributed by atoms with Crippen molar-refractivity contribution in [3.05, 3.63) is 0 Å². The van der Waals surface area contributed by atoms with Crippen LogP contribution in [0.5, 0.6) is 0 Å². The zero-order valence-electron chi connectivity index (χ0n) is 12.2. The molecule has 0 aromatic carbocycles. The third kappa shape index (κ3) is 5.84. The molecule has 17 heavy (non-hydrogen) atoms. The molecule has 1 rings (SSSR count). The van der Waals surface area contributed by atoms with Crippen molar-refractivity contribution in [3.63, 3.8) is 0 Å². The first-order chi connectivity index (χ1) is 8.01. The minimum absolute atomic E-state index is 0.666. The molecule has 0 radical (unpaired) electrons. The van der Waals surface area contributed by atoms with Crippen LogP contribution in [0.4, 0.5) is 0 Å². The van der Waals surface area contributed by atoms with Crippen LogP contribution >= 0.6 is 0 Å². The summed E-state index contributed by atoms with van der Waals surface area (Å²) in [5.74, 6) is 2.29. The third-order valence-corrected chi connectivity index (χ3v) is 3.77. The van der Waals surface area contributed by atoms with Crippen molar-refractivity contribution in [1.82, 2.24) is 9.80 Å². The first-order valence-electron chi connectivity index (χ1n) is 7.08. The van der Waals surface area contributed by atoms with E-state index in [2.05, 4.69) is 37.7 Å². The van der Waals surface area contributed by atoms with Gasteiger partial charge in [-0.2, -0.15) is 0 Å². The topological polar surface area (TPSA) is 32.5 Å². The Morgan fingerprint density at radius 3 is 2.59 bits per heavy atom. The second kappa shape index (κ2) is 7.34. The Hall–Kier alpha value is -0.120. The molecule has 0 aromatic heterocycles. The van der Waals surface area contributed by atoms with Crippen LogP contribution in [-0.4, -0.2) is 56.6 Å². The average molecular weight is 241 g/mol. The Morgan fingerprint density at radius 1 is 1.41 bits per heavy atom. The molecule has 3 nitrogen and oxygen atoms in total. The normalized spacial score (nSPS) is 23.8. The fourth-order valence-corrected chi connectivity index (χ4v) is 3.04. The van der Waals surface area contributed by atoms with Crippen molar-refractivity contribution in [2.75, 3.05) is 46.8 Å². The largest absolute Gasteiger partial charge is 0.330 e. The Balaban J connectivity index is 2.24. The monoisotopic (exact) mass is 241 g/mol. The van der Waals surface area contributed by atoms with Gasteiger partial charge in [-0.1, -0.05) is 13.8 Å². The highest BCUT2D eigenvalue weighted by molar-refractivity contribution is 4.76. The minimum atomic E-state index is 0.666. The fourth-order valence-electron chi connectivity index (χ4n) is 3.04. The lowest BCUT2D eigenvalue weighted by Gasteiger charge is -2.26. The highest BCUT2D eigenvalue weighted by Gasteiger charge is 2.21. The summed E-state index contributed by atoms with van der Waals surface area (Å²) in [5, 5.41) is 0. The van der Waals surface area contributed by atoms with Crippen LogP contribution in [0.1, 0.15) is 26.7 Å². The molecule has 2 N–H and O–H groups in total. The second-order valence-electron chi connectivity index (χ2n) is 6.37. The van der Waals surface area contributed by atoms with E-state index in [1.807, 2.05) is 0 Å². The van der Waals surface area contributed by atoms with E-state index < -0.39 is 0 Å². The van der Waals surface area contributed by atoms with E-state index in [-0.39, 0.29) is 0 Å². The van der Waals surface area contributed by atoms with Crippen molar-refractivity contribution in [3.8, 4) is 0 Å². The van der Waals surface area contributed by atoms with Crippen molar-refractivity contribution < 1.29 is 0 Å². The summed E-state index contributed by atoms with van der Waals surface area (Å²) in [5.41, 5.74) is 5.86. The second-order valence-corrected chi connectivity index (χ2v) is 6.37. The molecule has 0 bridgehead atoms. The quantitative estimate of drug-likeness (QED) is 0.733. The maximum Gasteiger partial charge on any atom is 0.00194 e. The number of hydrogen-bond acceptors (Lipinski definition) is 3. The van der Waals surface area contributed by atoms with E-state index in [4.69, 9.17) is 5.73 Å². The van der Waals surface area contributed by atoms with Crippen molar-refractivity contribution in [2.24, 2.45) is 23.5 Å². The van der Waals surface area contributed by atoms with Gasteiger partial charge in [0.2, 0.25) is 0 Å². The molecule has 1 saturated heterocycles. The first-order valence-corrected chi connectivity index (χ1v) is 7.08. The Kier molecular flexibility index (Phi) is 6.45. The molecule has 1 fully saturated rings. The zero-order valence-corrected chi connectivity index (χ0v) is 12.2. The van der Waals surface area contributed by atoms with Gasteiger partial charge >= 0.3 is 0 Å². The lowest BCUT2D eigenvalue weighted by Crippen LogP contribution is -2.34. The summed E-state index contributed by atoms with van der Waals surface area (Å²) >= 11 is 0. The van der Waals surface area contributed by atoms with E-state index in [0.29, 0.717) is 5.92 Å². The molecule has 0 amide bonds. The summed E-state index contributed by atoms with van der Waals surface area (Å²) in [7, 11) is 4.47. The van der Waals surface area contributed by atoms with Gasteiger partial charge in [0.1, 0.15) is 0 Å². The van der Waals surface area contributed by atoms with E-state index in [1.165, 1.54) is 32.5 Å². The Labute approximate surface area is 107 Å². The standard InChI is InChI=1S/C14H31N3/c1-12(2)7-14(8-15)11-17(4)10-13-5-6-16(3)9-13/h12-14H,5-11,15H2,1-4H3. The summed E-state index contributed by atoms with van der Waals surface area (Å²) in [6.45, 7) is 10.3. The van der Waals surface area contributed by atoms with Gasteiger partial charge in [-0.15, -0.1) is 0 Å². The lowest BCUT2D eigenvalue weighted by molar-refractivity contribution is 0.224. The van der Waals surface area contributed by atoms with Gasteiger partial charge in [0.25, 0.3) is 0 Å². The van der Waals surface area contributed by atoms with Gasteiger partial charge in [-0.05, 0) is 57.8 Å². The molecule has 2 atom stereocenters. The number of hydrogen-bond donors (Lipinski definition) is 1. The molecule has 1 aliphatic heterocycles. The minimum Gasteiger partial charge on any atom is -0.330 e. The van der Waals surface area contributed by atoms with Crippen molar-refractivity contribution in [1.29, 1.82) is 0 Å². The summed E-state index contributed by atoms with van der Waals surface area (Å²) in [6.07, 6.45) is 2.61.